The summed E-state index contributed by atoms with van der Waals surface area (Å²) >= 11 is 0. The van der Waals surface area contributed by atoms with Crippen LogP contribution in [0.2, 0.25) is 0 Å². The topological polar surface area (TPSA) is 12.5 Å². The zero-order chi connectivity index (χ0) is 16.6. The van der Waals surface area contributed by atoms with Crippen LogP contribution in [-0.4, -0.2) is 31.1 Å². The molecule has 0 saturated carbocycles. The number of piperidine rings is 1. The van der Waals surface area contributed by atoms with Crippen LogP contribution in [0, 0.1) is 11.8 Å². The maximum absolute atomic E-state index is 5.90. The number of rotatable bonds is 4. The third-order valence-corrected chi connectivity index (χ3v) is 4.59. The summed E-state index contributed by atoms with van der Waals surface area (Å²) in [6, 6.07) is 20.7. The van der Waals surface area contributed by atoms with Gasteiger partial charge in [0.1, 0.15) is 12.1 Å². The molecule has 1 fully saturated rings. The lowest BCUT2D eigenvalue weighted by molar-refractivity contribution is 0.0290. The summed E-state index contributed by atoms with van der Waals surface area (Å²) in [5, 5.41) is 0. The Bertz CT molecular complexity index is 665. The number of methoxy groups -OCH3 is 1. The van der Waals surface area contributed by atoms with Crippen LogP contribution in [0.25, 0.3) is 0 Å². The molecule has 3 rings (SSSR count). The third-order valence-electron chi connectivity index (χ3n) is 4.59. The fourth-order valence-electron chi connectivity index (χ4n) is 3.32. The van der Waals surface area contributed by atoms with Crippen LogP contribution in [0.1, 0.15) is 36.5 Å². The minimum Gasteiger partial charge on any atom is -0.374 e. The number of nitrogens with zero attached hydrogens (tertiary/aromatic N) is 1. The zero-order valence-electron chi connectivity index (χ0n) is 14.3. The lowest BCUT2D eigenvalue weighted by Crippen LogP contribution is -2.42. The van der Waals surface area contributed by atoms with E-state index in [9.17, 15) is 0 Å². The molecule has 2 heteroatoms. The normalized spacial score (nSPS) is 17.5. The molecular formula is C22H25NO. The molecule has 0 aliphatic carbocycles. The van der Waals surface area contributed by atoms with Gasteiger partial charge in [0.2, 0.25) is 0 Å². The van der Waals surface area contributed by atoms with Gasteiger partial charge in [0.25, 0.3) is 0 Å². The minimum absolute atomic E-state index is 0.0273. The standard InChI is InChI=1S/C22H25NO/c1-24-22(20-13-7-3-8-14-20)21(23-17-9-4-10-18-23)16-15-19-11-5-2-6-12-19/h2-3,5-8,11-14,21-22H,4,9-10,17-18H2,1H3. The van der Waals surface area contributed by atoms with Gasteiger partial charge in [0.15, 0.2) is 0 Å². The second kappa shape index (κ2) is 8.68. The van der Waals surface area contributed by atoms with Gasteiger partial charge in [-0.3, -0.25) is 4.90 Å². The Labute approximate surface area is 145 Å². The number of likely N-dealkylation sites (tertiary alicyclic amines) is 1. The Morgan fingerprint density at radius 1 is 0.875 bits per heavy atom. The SMILES string of the molecule is COC(c1ccccc1)C(C#Cc1ccccc1)N1CCCCC1. The summed E-state index contributed by atoms with van der Waals surface area (Å²) in [5.74, 6) is 6.86. The predicted octanol–water partition coefficient (Wildman–Crippen LogP) is 4.28. The number of benzene rings is 2. The first-order valence-corrected chi connectivity index (χ1v) is 8.77. The molecule has 1 saturated heterocycles. The van der Waals surface area contributed by atoms with Gasteiger partial charge in [-0.1, -0.05) is 66.8 Å². The molecule has 24 heavy (non-hydrogen) atoms. The van der Waals surface area contributed by atoms with Gasteiger partial charge >= 0.3 is 0 Å². The molecule has 1 aliphatic heterocycles. The van der Waals surface area contributed by atoms with E-state index >= 15 is 0 Å². The molecule has 1 aliphatic rings. The highest BCUT2D eigenvalue weighted by molar-refractivity contribution is 5.36. The minimum atomic E-state index is -0.0273. The van der Waals surface area contributed by atoms with Gasteiger partial charge in [-0.05, 0) is 43.6 Å². The molecule has 0 aromatic heterocycles. The van der Waals surface area contributed by atoms with Gasteiger partial charge < -0.3 is 4.74 Å². The van der Waals surface area contributed by atoms with E-state index in [-0.39, 0.29) is 12.1 Å². The van der Waals surface area contributed by atoms with Crippen molar-refractivity contribution in [1.82, 2.24) is 4.90 Å². The Kier molecular flexibility index (Phi) is 6.07. The Morgan fingerprint density at radius 3 is 2.12 bits per heavy atom. The number of ether oxygens (including phenoxy) is 1. The first-order chi connectivity index (χ1) is 11.9. The molecule has 2 nitrogen and oxygen atoms in total. The van der Waals surface area contributed by atoms with Crippen molar-refractivity contribution >= 4 is 0 Å². The average molecular weight is 319 g/mol. The predicted molar refractivity (Wildman–Crippen MR) is 98.7 cm³/mol. The summed E-state index contributed by atoms with van der Waals surface area (Å²) in [6.07, 6.45) is 3.78. The fraction of sp³-hybridized carbons (Fsp3) is 0.364. The highest BCUT2D eigenvalue weighted by Crippen LogP contribution is 2.26. The summed E-state index contributed by atoms with van der Waals surface area (Å²) in [6.45, 7) is 2.20. The van der Waals surface area contributed by atoms with E-state index in [1.165, 1.54) is 24.8 Å². The van der Waals surface area contributed by atoms with Crippen LogP contribution in [0.5, 0.6) is 0 Å². The van der Waals surface area contributed by atoms with E-state index in [0.29, 0.717) is 0 Å². The molecule has 2 unspecified atom stereocenters. The fourth-order valence-corrected chi connectivity index (χ4v) is 3.32. The van der Waals surface area contributed by atoms with E-state index in [4.69, 9.17) is 4.74 Å². The van der Waals surface area contributed by atoms with Crippen LogP contribution < -0.4 is 0 Å². The lowest BCUT2D eigenvalue weighted by Gasteiger charge is -2.35. The van der Waals surface area contributed by atoms with Crippen molar-refractivity contribution < 1.29 is 4.74 Å². The Morgan fingerprint density at radius 2 is 1.50 bits per heavy atom. The molecule has 0 spiro atoms. The van der Waals surface area contributed by atoms with E-state index in [0.717, 1.165) is 18.7 Å². The van der Waals surface area contributed by atoms with Gasteiger partial charge in [-0.15, -0.1) is 0 Å². The largest absolute Gasteiger partial charge is 0.374 e. The smallest absolute Gasteiger partial charge is 0.109 e. The summed E-state index contributed by atoms with van der Waals surface area (Å²) < 4.78 is 5.90. The van der Waals surface area contributed by atoms with Crippen molar-refractivity contribution in [3.05, 3.63) is 71.8 Å². The highest BCUT2D eigenvalue weighted by atomic mass is 16.5. The Balaban J connectivity index is 1.90. The van der Waals surface area contributed by atoms with E-state index in [1.54, 1.807) is 7.11 Å². The maximum Gasteiger partial charge on any atom is 0.109 e. The van der Waals surface area contributed by atoms with Gasteiger partial charge in [-0.2, -0.15) is 0 Å². The van der Waals surface area contributed by atoms with E-state index in [1.807, 2.05) is 24.3 Å². The van der Waals surface area contributed by atoms with Crippen molar-refractivity contribution in [2.45, 2.75) is 31.4 Å². The molecule has 2 atom stereocenters. The van der Waals surface area contributed by atoms with E-state index in [2.05, 4.69) is 53.1 Å². The molecule has 0 N–H and O–H groups in total. The molecule has 2 aromatic carbocycles. The maximum atomic E-state index is 5.90. The van der Waals surface area contributed by atoms with Crippen LogP contribution in [-0.2, 0) is 4.74 Å². The van der Waals surface area contributed by atoms with Crippen molar-refractivity contribution in [3.8, 4) is 11.8 Å². The van der Waals surface area contributed by atoms with Crippen LogP contribution in [0.3, 0.4) is 0 Å². The van der Waals surface area contributed by atoms with Crippen molar-refractivity contribution in [2.75, 3.05) is 20.2 Å². The monoisotopic (exact) mass is 319 g/mol. The summed E-state index contributed by atoms with van der Waals surface area (Å²) in [4.78, 5) is 2.49. The average Bonchev–Trinajstić information content (AvgIpc) is 2.67. The highest BCUT2D eigenvalue weighted by Gasteiger charge is 2.28. The second-order valence-corrected chi connectivity index (χ2v) is 6.24. The first-order valence-electron chi connectivity index (χ1n) is 8.77. The van der Waals surface area contributed by atoms with Crippen molar-refractivity contribution in [3.63, 3.8) is 0 Å². The van der Waals surface area contributed by atoms with Crippen LogP contribution in [0.15, 0.2) is 60.7 Å². The lowest BCUT2D eigenvalue weighted by atomic mass is 9.98. The first kappa shape index (κ1) is 16.8. The second-order valence-electron chi connectivity index (χ2n) is 6.24. The molecule has 124 valence electrons. The molecule has 0 radical (unpaired) electrons. The van der Waals surface area contributed by atoms with Gasteiger partial charge in [0, 0.05) is 12.7 Å². The van der Waals surface area contributed by atoms with Crippen molar-refractivity contribution in [2.24, 2.45) is 0 Å². The summed E-state index contributed by atoms with van der Waals surface area (Å²) in [5.41, 5.74) is 2.25. The zero-order valence-corrected chi connectivity index (χ0v) is 14.3. The number of hydrogen-bond acceptors (Lipinski definition) is 2. The third kappa shape index (κ3) is 4.26. The molecule has 1 heterocycles. The van der Waals surface area contributed by atoms with Gasteiger partial charge in [-0.25, -0.2) is 0 Å². The molecule has 0 amide bonds. The molecule has 0 bridgehead atoms. The number of hydrogen-bond donors (Lipinski definition) is 0. The molecule has 2 aromatic rings. The Hall–Kier alpha value is -2.08. The van der Waals surface area contributed by atoms with Crippen LogP contribution in [0.4, 0.5) is 0 Å². The van der Waals surface area contributed by atoms with Crippen molar-refractivity contribution in [1.29, 1.82) is 0 Å². The van der Waals surface area contributed by atoms with E-state index < -0.39 is 0 Å². The quantitative estimate of drug-likeness (QED) is 0.780. The molecular weight excluding hydrogens is 294 g/mol. The summed E-state index contributed by atoms with van der Waals surface area (Å²) in [7, 11) is 1.79. The van der Waals surface area contributed by atoms with Gasteiger partial charge in [0.05, 0.1) is 0 Å². The van der Waals surface area contributed by atoms with Crippen LogP contribution >= 0.6 is 0 Å².